The number of carboxylic acids is 1. The molecule has 0 bridgehead atoms. The van der Waals surface area contributed by atoms with Crippen molar-refractivity contribution in [2.75, 3.05) is 11.9 Å². The molecule has 0 radical (unpaired) electrons. The number of carboxylic acid groups (broad SMARTS) is 1. The van der Waals surface area contributed by atoms with E-state index in [2.05, 4.69) is 5.32 Å². The minimum absolute atomic E-state index is 0.0179. The molecule has 1 aromatic carbocycles. The maximum atomic E-state index is 10.6. The number of aliphatic hydroxyl groups is 1. The van der Waals surface area contributed by atoms with Gasteiger partial charge in [0.1, 0.15) is 0 Å². The van der Waals surface area contributed by atoms with Crippen molar-refractivity contribution >= 4 is 11.7 Å². The average Bonchev–Trinajstić information content (AvgIpc) is 2.26. The highest BCUT2D eigenvalue weighted by Crippen LogP contribution is 2.13. The van der Waals surface area contributed by atoms with Crippen molar-refractivity contribution in [2.24, 2.45) is 5.92 Å². The highest BCUT2D eigenvalue weighted by atomic mass is 16.4. The van der Waals surface area contributed by atoms with Crippen molar-refractivity contribution in [3.05, 3.63) is 29.8 Å². The van der Waals surface area contributed by atoms with Gasteiger partial charge in [0.05, 0.1) is 18.2 Å². The minimum Gasteiger partial charge on any atom is -0.478 e. The van der Waals surface area contributed by atoms with Crippen LogP contribution in [0.3, 0.4) is 0 Å². The van der Waals surface area contributed by atoms with Crippen LogP contribution in [-0.4, -0.2) is 28.8 Å². The molecule has 0 heterocycles. The fourth-order valence-corrected chi connectivity index (χ4v) is 1.35. The van der Waals surface area contributed by atoms with Gasteiger partial charge in [0, 0.05) is 5.69 Å². The molecule has 0 saturated heterocycles. The molecule has 0 aromatic heterocycles. The largest absolute Gasteiger partial charge is 0.478 e. The smallest absolute Gasteiger partial charge is 0.335 e. The Morgan fingerprint density at radius 3 is 2.25 bits per heavy atom. The molecule has 0 fully saturated rings. The summed E-state index contributed by atoms with van der Waals surface area (Å²) in [5.41, 5.74) is 1.08. The molecule has 1 rings (SSSR count). The lowest BCUT2D eigenvalue weighted by molar-refractivity contribution is 0.0697. The molecule has 0 amide bonds. The fraction of sp³-hybridized carbons (Fsp3) is 0.417. The van der Waals surface area contributed by atoms with Crippen LogP contribution in [0.5, 0.6) is 0 Å². The van der Waals surface area contributed by atoms with Crippen LogP contribution < -0.4 is 5.32 Å². The van der Waals surface area contributed by atoms with Gasteiger partial charge in [-0.1, -0.05) is 13.8 Å². The van der Waals surface area contributed by atoms with Crippen LogP contribution in [0.15, 0.2) is 24.3 Å². The van der Waals surface area contributed by atoms with E-state index in [-0.39, 0.29) is 18.2 Å². The molecular weight excluding hydrogens is 206 g/mol. The summed E-state index contributed by atoms with van der Waals surface area (Å²) in [6.45, 7) is 4.08. The lowest BCUT2D eigenvalue weighted by Crippen LogP contribution is -2.29. The van der Waals surface area contributed by atoms with Gasteiger partial charge in [-0.05, 0) is 30.2 Å². The Kier molecular flexibility index (Phi) is 4.31. The second-order valence-electron chi connectivity index (χ2n) is 4.06. The molecule has 0 unspecified atom stereocenters. The summed E-state index contributed by atoms with van der Waals surface area (Å²) in [5, 5.41) is 21.0. The predicted molar refractivity (Wildman–Crippen MR) is 62.7 cm³/mol. The monoisotopic (exact) mass is 223 g/mol. The Hall–Kier alpha value is -1.55. The molecule has 0 aliphatic heterocycles. The van der Waals surface area contributed by atoms with E-state index in [0.29, 0.717) is 5.92 Å². The molecule has 0 spiro atoms. The van der Waals surface area contributed by atoms with Crippen LogP contribution in [0.2, 0.25) is 0 Å². The molecule has 1 atom stereocenters. The lowest BCUT2D eigenvalue weighted by atomic mass is 10.0. The number of benzene rings is 1. The normalized spacial score (nSPS) is 12.5. The predicted octanol–water partition coefficient (Wildman–Crippen LogP) is 1.81. The maximum absolute atomic E-state index is 10.6. The van der Waals surface area contributed by atoms with E-state index < -0.39 is 5.97 Å². The zero-order valence-electron chi connectivity index (χ0n) is 9.47. The summed E-state index contributed by atoms with van der Waals surface area (Å²) in [4.78, 5) is 10.6. The standard InChI is InChI=1S/C12H17NO3/c1-8(2)11(7-14)13-10-5-3-9(4-6-10)12(15)16/h3-6,8,11,13-14H,7H2,1-2H3,(H,15,16)/t11-/m1/s1. The van der Waals surface area contributed by atoms with Crippen LogP contribution in [0.25, 0.3) is 0 Å². The Morgan fingerprint density at radius 2 is 1.88 bits per heavy atom. The van der Waals surface area contributed by atoms with Gasteiger partial charge in [-0.3, -0.25) is 0 Å². The van der Waals surface area contributed by atoms with Gasteiger partial charge in [-0.15, -0.1) is 0 Å². The first kappa shape index (κ1) is 12.5. The van der Waals surface area contributed by atoms with Crippen LogP contribution in [0.1, 0.15) is 24.2 Å². The van der Waals surface area contributed by atoms with Gasteiger partial charge < -0.3 is 15.5 Å². The summed E-state index contributed by atoms with van der Waals surface area (Å²) in [5.74, 6) is -0.627. The van der Waals surface area contributed by atoms with Crippen molar-refractivity contribution in [1.29, 1.82) is 0 Å². The first-order chi connectivity index (χ1) is 7.54. The van der Waals surface area contributed by atoms with E-state index in [4.69, 9.17) is 10.2 Å². The van der Waals surface area contributed by atoms with E-state index >= 15 is 0 Å². The molecule has 16 heavy (non-hydrogen) atoms. The van der Waals surface area contributed by atoms with Crippen molar-refractivity contribution in [1.82, 2.24) is 0 Å². The quantitative estimate of drug-likeness (QED) is 0.712. The Morgan fingerprint density at radius 1 is 1.31 bits per heavy atom. The third kappa shape index (κ3) is 3.24. The molecule has 3 N–H and O–H groups in total. The summed E-state index contributed by atoms with van der Waals surface area (Å²) >= 11 is 0. The summed E-state index contributed by atoms with van der Waals surface area (Å²) < 4.78 is 0. The molecule has 0 saturated carbocycles. The Labute approximate surface area is 94.9 Å². The number of aliphatic hydroxyl groups excluding tert-OH is 1. The first-order valence-electron chi connectivity index (χ1n) is 5.25. The zero-order valence-corrected chi connectivity index (χ0v) is 9.47. The number of anilines is 1. The van der Waals surface area contributed by atoms with Crippen LogP contribution >= 0.6 is 0 Å². The van der Waals surface area contributed by atoms with Gasteiger partial charge in [-0.2, -0.15) is 0 Å². The van der Waals surface area contributed by atoms with Gasteiger partial charge in [0.15, 0.2) is 0 Å². The molecular formula is C12H17NO3. The summed E-state index contributed by atoms with van der Waals surface area (Å²) in [6.07, 6.45) is 0. The van der Waals surface area contributed by atoms with Crippen molar-refractivity contribution in [3.63, 3.8) is 0 Å². The van der Waals surface area contributed by atoms with Crippen LogP contribution in [-0.2, 0) is 0 Å². The zero-order chi connectivity index (χ0) is 12.1. The molecule has 4 nitrogen and oxygen atoms in total. The lowest BCUT2D eigenvalue weighted by Gasteiger charge is -2.21. The van der Waals surface area contributed by atoms with Crippen molar-refractivity contribution in [3.8, 4) is 0 Å². The fourth-order valence-electron chi connectivity index (χ4n) is 1.35. The SMILES string of the molecule is CC(C)[C@@H](CO)Nc1ccc(C(=O)O)cc1. The summed E-state index contributed by atoms with van der Waals surface area (Å²) in [6, 6.07) is 6.47. The molecule has 4 heteroatoms. The molecule has 1 aromatic rings. The highest BCUT2D eigenvalue weighted by Gasteiger charge is 2.11. The van der Waals surface area contributed by atoms with Crippen LogP contribution in [0.4, 0.5) is 5.69 Å². The number of hydrogen-bond acceptors (Lipinski definition) is 3. The average molecular weight is 223 g/mol. The molecule has 0 aliphatic carbocycles. The molecule has 88 valence electrons. The highest BCUT2D eigenvalue weighted by molar-refractivity contribution is 5.87. The topological polar surface area (TPSA) is 69.6 Å². The van der Waals surface area contributed by atoms with Gasteiger partial charge in [-0.25, -0.2) is 4.79 Å². The number of carbonyl (C=O) groups is 1. The van der Waals surface area contributed by atoms with E-state index in [1.165, 1.54) is 0 Å². The Bertz CT molecular complexity index is 346. The molecule has 0 aliphatic rings. The van der Waals surface area contributed by atoms with Gasteiger partial charge >= 0.3 is 5.97 Å². The van der Waals surface area contributed by atoms with Crippen LogP contribution in [0, 0.1) is 5.92 Å². The maximum Gasteiger partial charge on any atom is 0.335 e. The van der Waals surface area contributed by atoms with E-state index in [0.717, 1.165) is 5.69 Å². The first-order valence-corrected chi connectivity index (χ1v) is 5.25. The number of nitrogens with one attached hydrogen (secondary N) is 1. The number of hydrogen-bond donors (Lipinski definition) is 3. The minimum atomic E-state index is -0.936. The summed E-state index contributed by atoms with van der Waals surface area (Å²) in [7, 11) is 0. The van der Waals surface area contributed by atoms with E-state index in [1.807, 2.05) is 13.8 Å². The van der Waals surface area contributed by atoms with Crippen molar-refractivity contribution in [2.45, 2.75) is 19.9 Å². The van der Waals surface area contributed by atoms with Gasteiger partial charge in [0.2, 0.25) is 0 Å². The van der Waals surface area contributed by atoms with Crippen molar-refractivity contribution < 1.29 is 15.0 Å². The second-order valence-corrected chi connectivity index (χ2v) is 4.06. The number of aromatic carboxylic acids is 1. The second kappa shape index (κ2) is 5.51. The van der Waals surface area contributed by atoms with Gasteiger partial charge in [0.25, 0.3) is 0 Å². The Balaban J connectivity index is 2.71. The van der Waals surface area contributed by atoms with E-state index in [1.54, 1.807) is 24.3 Å². The third-order valence-corrected chi connectivity index (χ3v) is 2.49. The third-order valence-electron chi connectivity index (χ3n) is 2.49. The van der Waals surface area contributed by atoms with E-state index in [9.17, 15) is 4.79 Å². The number of rotatable bonds is 5.